The lowest BCUT2D eigenvalue weighted by Gasteiger charge is -2.28. The molecule has 1 saturated heterocycles. The fourth-order valence-electron chi connectivity index (χ4n) is 5.14. The van der Waals surface area contributed by atoms with E-state index in [1.54, 1.807) is 34.8 Å². The highest BCUT2D eigenvalue weighted by atomic mass is 19.1. The van der Waals surface area contributed by atoms with Gasteiger partial charge in [-0.05, 0) is 48.0 Å². The molecule has 2 atom stereocenters. The quantitative estimate of drug-likeness (QED) is 0.376. The van der Waals surface area contributed by atoms with E-state index in [9.17, 15) is 14.0 Å². The van der Waals surface area contributed by atoms with E-state index in [2.05, 4.69) is 10.1 Å². The van der Waals surface area contributed by atoms with Crippen LogP contribution in [0.15, 0.2) is 83.4 Å². The number of oxazole rings is 1. The summed E-state index contributed by atoms with van der Waals surface area (Å²) in [5.74, 6) is -1.29. The third-order valence-electron chi connectivity index (χ3n) is 6.70. The van der Waals surface area contributed by atoms with Crippen LogP contribution in [0.1, 0.15) is 46.1 Å². The van der Waals surface area contributed by atoms with Gasteiger partial charge in [0.15, 0.2) is 5.89 Å². The molecule has 5 aromatic rings. The maximum atomic E-state index is 13.5. The maximum Gasteiger partial charge on any atom is 0.286 e. The predicted octanol–water partition coefficient (Wildman–Crippen LogP) is 4.82. The van der Waals surface area contributed by atoms with Crippen molar-refractivity contribution in [3.05, 3.63) is 108 Å². The molecule has 6 rings (SSSR count). The van der Waals surface area contributed by atoms with Gasteiger partial charge in [0, 0.05) is 30.3 Å². The molecule has 2 amide bonds. The first-order chi connectivity index (χ1) is 17.9. The molecule has 0 aliphatic carbocycles. The standard InChI is InChI=1S/C28H22FN5O3/c1-16-32-25(27(37-16)28(30)36)22-14-24(35)33(26(22)17-5-3-2-4-6-17)21-11-12-23-18(13-21)15-31-34(23)20-9-7-19(29)8-10-20/h2-13,15,22,26H,14H2,1H3,(H2,30,36)/t22-,26+/m1/s1. The summed E-state index contributed by atoms with van der Waals surface area (Å²) in [6.07, 6.45) is 1.85. The zero-order valence-corrected chi connectivity index (χ0v) is 19.8. The maximum absolute atomic E-state index is 13.5. The van der Waals surface area contributed by atoms with Crippen LogP contribution in [0.5, 0.6) is 0 Å². The Morgan fingerprint density at radius 3 is 2.51 bits per heavy atom. The number of rotatable bonds is 5. The van der Waals surface area contributed by atoms with Gasteiger partial charge >= 0.3 is 0 Å². The van der Waals surface area contributed by atoms with Crippen LogP contribution in [0.3, 0.4) is 0 Å². The van der Waals surface area contributed by atoms with Gasteiger partial charge in [-0.2, -0.15) is 5.10 Å². The van der Waals surface area contributed by atoms with Gasteiger partial charge in [-0.25, -0.2) is 14.1 Å². The lowest BCUT2D eigenvalue weighted by Crippen LogP contribution is -2.28. The summed E-state index contributed by atoms with van der Waals surface area (Å²) in [6, 6.07) is 20.9. The first-order valence-electron chi connectivity index (χ1n) is 11.8. The number of hydrogen-bond donors (Lipinski definition) is 1. The molecular formula is C28H22FN5O3. The van der Waals surface area contributed by atoms with Crippen LogP contribution in [-0.4, -0.2) is 26.6 Å². The molecule has 0 saturated carbocycles. The van der Waals surface area contributed by atoms with E-state index in [-0.39, 0.29) is 23.9 Å². The Hall–Kier alpha value is -4.79. The zero-order valence-electron chi connectivity index (χ0n) is 19.8. The number of aromatic nitrogens is 3. The molecule has 8 nitrogen and oxygen atoms in total. The fraction of sp³-hybridized carbons (Fsp3) is 0.143. The second-order valence-electron chi connectivity index (χ2n) is 9.02. The van der Waals surface area contributed by atoms with Crippen molar-refractivity contribution in [3.63, 3.8) is 0 Å². The van der Waals surface area contributed by atoms with Crippen LogP contribution in [-0.2, 0) is 4.79 Å². The molecule has 3 aromatic carbocycles. The summed E-state index contributed by atoms with van der Waals surface area (Å²) in [6.45, 7) is 1.65. The first-order valence-corrected chi connectivity index (χ1v) is 11.8. The molecule has 0 unspecified atom stereocenters. The number of amides is 2. The number of hydrogen-bond acceptors (Lipinski definition) is 5. The number of fused-ring (bicyclic) bond motifs is 1. The molecule has 1 fully saturated rings. The average Bonchev–Trinajstić information content (AvgIpc) is 3.59. The smallest absolute Gasteiger partial charge is 0.286 e. The van der Waals surface area contributed by atoms with Crippen molar-refractivity contribution >= 4 is 28.4 Å². The number of aryl methyl sites for hydroxylation is 1. The van der Waals surface area contributed by atoms with Gasteiger partial charge in [0.05, 0.1) is 29.1 Å². The van der Waals surface area contributed by atoms with E-state index in [4.69, 9.17) is 10.2 Å². The Kier molecular flexibility index (Phi) is 5.33. The topological polar surface area (TPSA) is 107 Å². The third kappa shape index (κ3) is 3.85. The van der Waals surface area contributed by atoms with Gasteiger partial charge < -0.3 is 15.1 Å². The molecule has 1 aliphatic rings. The van der Waals surface area contributed by atoms with Crippen LogP contribution in [0.2, 0.25) is 0 Å². The average molecular weight is 496 g/mol. The van der Waals surface area contributed by atoms with Crippen molar-refractivity contribution < 1.29 is 18.4 Å². The minimum Gasteiger partial charge on any atom is -0.436 e. The van der Waals surface area contributed by atoms with Crippen molar-refractivity contribution in [1.29, 1.82) is 0 Å². The number of carbonyl (C=O) groups is 2. The second kappa shape index (κ2) is 8.70. The number of benzene rings is 3. The van der Waals surface area contributed by atoms with E-state index in [1.807, 2.05) is 48.5 Å². The highest BCUT2D eigenvalue weighted by Crippen LogP contribution is 2.47. The number of carbonyl (C=O) groups excluding carboxylic acids is 2. The Balaban J connectivity index is 1.45. The normalized spacial score (nSPS) is 17.6. The number of primary amides is 1. The summed E-state index contributed by atoms with van der Waals surface area (Å²) in [5, 5.41) is 5.29. The van der Waals surface area contributed by atoms with E-state index >= 15 is 0 Å². The molecule has 2 aromatic heterocycles. The minimum absolute atomic E-state index is 0.0193. The van der Waals surface area contributed by atoms with Crippen molar-refractivity contribution in [3.8, 4) is 5.69 Å². The first kappa shape index (κ1) is 22.7. The lowest BCUT2D eigenvalue weighted by molar-refractivity contribution is -0.117. The summed E-state index contributed by atoms with van der Waals surface area (Å²) < 4.78 is 20.6. The van der Waals surface area contributed by atoms with Crippen LogP contribution in [0.4, 0.5) is 10.1 Å². The SMILES string of the molecule is Cc1nc([C@H]2CC(=O)N(c3ccc4c(cnn4-c4ccc(F)cc4)c3)[C@H]2c2ccccc2)c(C(N)=O)o1. The zero-order chi connectivity index (χ0) is 25.7. The van der Waals surface area contributed by atoms with Gasteiger partial charge in [0.25, 0.3) is 5.91 Å². The van der Waals surface area contributed by atoms with E-state index in [0.29, 0.717) is 17.3 Å². The third-order valence-corrected chi connectivity index (χ3v) is 6.70. The molecule has 9 heteroatoms. The molecule has 37 heavy (non-hydrogen) atoms. The lowest BCUT2D eigenvalue weighted by atomic mass is 9.89. The van der Waals surface area contributed by atoms with Crippen molar-refractivity contribution in [2.24, 2.45) is 5.73 Å². The minimum atomic E-state index is -0.720. The van der Waals surface area contributed by atoms with Gasteiger partial charge in [-0.1, -0.05) is 30.3 Å². The van der Waals surface area contributed by atoms with Crippen LogP contribution in [0, 0.1) is 12.7 Å². The van der Waals surface area contributed by atoms with Gasteiger partial charge in [0.1, 0.15) is 5.82 Å². The molecule has 1 aliphatic heterocycles. The highest BCUT2D eigenvalue weighted by molar-refractivity contribution is 6.00. The van der Waals surface area contributed by atoms with E-state index in [1.165, 1.54) is 12.1 Å². The number of nitrogens with zero attached hydrogens (tertiary/aromatic N) is 4. The molecule has 3 heterocycles. The largest absolute Gasteiger partial charge is 0.436 e. The van der Waals surface area contributed by atoms with Gasteiger partial charge in [-0.3, -0.25) is 9.59 Å². The molecular weight excluding hydrogens is 473 g/mol. The number of anilines is 1. The summed E-state index contributed by atoms with van der Waals surface area (Å²) in [5.41, 5.74) is 9.10. The van der Waals surface area contributed by atoms with Gasteiger partial charge in [-0.15, -0.1) is 0 Å². The molecule has 0 radical (unpaired) electrons. The number of nitrogens with two attached hydrogens (primary N) is 1. The Morgan fingerprint density at radius 1 is 1.05 bits per heavy atom. The summed E-state index contributed by atoms with van der Waals surface area (Å²) in [4.78, 5) is 31.8. The monoisotopic (exact) mass is 495 g/mol. The summed E-state index contributed by atoms with van der Waals surface area (Å²) in [7, 11) is 0. The predicted molar refractivity (Wildman–Crippen MR) is 135 cm³/mol. The molecule has 0 bridgehead atoms. The van der Waals surface area contributed by atoms with Crippen molar-refractivity contribution in [1.82, 2.24) is 14.8 Å². The summed E-state index contributed by atoms with van der Waals surface area (Å²) >= 11 is 0. The Bertz CT molecular complexity index is 1640. The second-order valence-corrected chi connectivity index (χ2v) is 9.02. The Morgan fingerprint density at radius 2 is 1.78 bits per heavy atom. The van der Waals surface area contributed by atoms with E-state index < -0.39 is 17.9 Å². The number of halogens is 1. The molecule has 0 spiro atoms. The van der Waals surface area contributed by atoms with Gasteiger partial charge in [0.2, 0.25) is 11.7 Å². The Labute approximate surface area is 211 Å². The van der Waals surface area contributed by atoms with Crippen molar-refractivity contribution in [2.45, 2.75) is 25.3 Å². The van der Waals surface area contributed by atoms with Crippen LogP contribution >= 0.6 is 0 Å². The van der Waals surface area contributed by atoms with E-state index in [0.717, 1.165) is 22.2 Å². The van der Waals surface area contributed by atoms with Crippen LogP contribution in [0.25, 0.3) is 16.6 Å². The molecule has 184 valence electrons. The fourth-order valence-corrected chi connectivity index (χ4v) is 5.14. The van der Waals surface area contributed by atoms with Crippen molar-refractivity contribution in [2.75, 3.05) is 4.90 Å². The molecule has 2 N–H and O–H groups in total. The van der Waals surface area contributed by atoms with Crippen LogP contribution < -0.4 is 10.6 Å². The highest BCUT2D eigenvalue weighted by Gasteiger charge is 2.45.